The third kappa shape index (κ3) is 4.18. The summed E-state index contributed by atoms with van der Waals surface area (Å²) in [6, 6.07) is 0. The highest BCUT2D eigenvalue weighted by Gasteiger charge is 2.28. The molecule has 4 heteroatoms. The van der Waals surface area contributed by atoms with E-state index in [-0.39, 0.29) is 12.2 Å². The quantitative estimate of drug-likeness (QED) is 0.846. The Hall–Kier alpha value is -0.610. The van der Waals surface area contributed by atoms with Crippen LogP contribution in [0.15, 0.2) is 0 Å². The fourth-order valence-corrected chi connectivity index (χ4v) is 3.32. The van der Waals surface area contributed by atoms with Crippen LogP contribution in [0.4, 0.5) is 0 Å². The van der Waals surface area contributed by atoms with Gasteiger partial charge >= 0.3 is 0 Å². The van der Waals surface area contributed by atoms with Gasteiger partial charge in [0.1, 0.15) is 0 Å². The largest absolute Gasteiger partial charge is 0.372 e. The summed E-state index contributed by atoms with van der Waals surface area (Å²) in [5, 5.41) is 3.44. The normalized spacial score (nSPS) is 34.1. The Morgan fingerprint density at radius 3 is 2.63 bits per heavy atom. The van der Waals surface area contributed by atoms with Gasteiger partial charge in [0.25, 0.3) is 0 Å². The second-order valence-corrected chi connectivity index (χ2v) is 6.34. The minimum atomic E-state index is 0.166. The molecule has 2 rings (SSSR count). The van der Waals surface area contributed by atoms with Crippen molar-refractivity contribution in [2.24, 2.45) is 11.8 Å². The first-order valence-electron chi connectivity index (χ1n) is 7.70. The van der Waals surface area contributed by atoms with Crippen LogP contribution in [0.3, 0.4) is 0 Å². The molecule has 1 N–H and O–H groups in total. The Bertz CT molecular complexity index is 293. The van der Waals surface area contributed by atoms with Crippen LogP contribution in [0, 0.1) is 11.8 Å². The molecule has 2 aliphatic rings. The molecule has 110 valence electrons. The minimum absolute atomic E-state index is 0.166. The number of amides is 1. The average Bonchev–Trinajstić information content (AvgIpc) is 2.38. The number of carbonyl (C=O) groups excluding carboxylic acids is 1. The van der Waals surface area contributed by atoms with Gasteiger partial charge in [-0.1, -0.05) is 6.92 Å². The van der Waals surface area contributed by atoms with E-state index in [2.05, 4.69) is 12.2 Å². The van der Waals surface area contributed by atoms with E-state index < -0.39 is 0 Å². The number of rotatable bonds is 3. The second-order valence-electron chi connectivity index (χ2n) is 6.34. The van der Waals surface area contributed by atoms with Crippen molar-refractivity contribution in [2.45, 2.75) is 52.2 Å². The lowest BCUT2D eigenvalue weighted by Crippen LogP contribution is -2.48. The van der Waals surface area contributed by atoms with Gasteiger partial charge in [0.05, 0.1) is 12.2 Å². The number of ether oxygens (including phenoxy) is 1. The molecule has 0 saturated carbocycles. The lowest BCUT2D eigenvalue weighted by molar-refractivity contribution is -0.144. The molecule has 0 aliphatic carbocycles. The predicted octanol–water partition coefficient (Wildman–Crippen LogP) is 1.65. The Kier molecular flexibility index (Phi) is 5.22. The van der Waals surface area contributed by atoms with Crippen LogP contribution in [0.1, 0.15) is 40.0 Å². The Morgan fingerprint density at radius 1 is 1.37 bits per heavy atom. The fraction of sp³-hybridized carbons (Fsp3) is 0.933. The molecule has 2 aliphatic heterocycles. The van der Waals surface area contributed by atoms with Gasteiger partial charge in [0.2, 0.25) is 5.91 Å². The van der Waals surface area contributed by atoms with Crippen molar-refractivity contribution in [1.82, 2.24) is 10.2 Å². The molecule has 0 radical (unpaired) electrons. The van der Waals surface area contributed by atoms with Crippen LogP contribution in [0.5, 0.6) is 0 Å². The highest BCUT2D eigenvalue weighted by atomic mass is 16.5. The molecule has 1 amide bonds. The molecule has 0 aromatic heterocycles. The SMILES string of the molecule is CC1CN(C(=O)CC(C)C2CCCNC2)CC(C)O1. The van der Waals surface area contributed by atoms with Gasteiger partial charge in [-0.3, -0.25) is 4.79 Å². The van der Waals surface area contributed by atoms with E-state index in [9.17, 15) is 4.79 Å². The number of carbonyl (C=O) groups is 1. The molecule has 4 atom stereocenters. The van der Waals surface area contributed by atoms with Crippen molar-refractivity contribution in [3.8, 4) is 0 Å². The lowest BCUT2D eigenvalue weighted by atomic mass is 9.85. The summed E-state index contributed by atoms with van der Waals surface area (Å²) >= 11 is 0. The van der Waals surface area contributed by atoms with Gasteiger partial charge in [-0.05, 0) is 51.6 Å². The van der Waals surface area contributed by atoms with Crippen LogP contribution >= 0.6 is 0 Å². The zero-order chi connectivity index (χ0) is 13.8. The molecule has 2 heterocycles. The number of nitrogens with zero attached hydrogens (tertiary/aromatic N) is 1. The van der Waals surface area contributed by atoms with Gasteiger partial charge in [-0.25, -0.2) is 0 Å². The summed E-state index contributed by atoms with van der Waals surface area (Å²) in [7, 11) is 0. The molecule has 4 unspecified atom stereocenters. The van der Waals surface area contributed by atoms with E-state index in [4.69, 9.17) is 4.74 Å². The Morgan fingerprint density at radius 2 is 2.05 bits per heavy atom. The van der Waals surface area contributed by atoms with Crippen LogP contribution in [-0.2, 0) is 9.53 Å². The van der Waals surface area contributed by atoms with Crippen LogP contribution in [0.2, 0.25) is 0 Å². The first-order chi connectivity index (χ1) is 9.06. The predicted molar refractivity (Wildman–Crippen MR) is 76.0 cm³/mol. The third-order valence-electron chi connectivity index (χ3n) is 4.41. The third-order valence-corrected chi connectivity index (χ3v) is 4.41. The van der Waals surface area contributed by atoms with Crippen molar-refractivity contribution in [3.05, 3.63) is 0 Å². The number of piperidine rings is 1. The van der Waals surface area contributed by atoms with Crippen molar-refractivity contribution in [2.75, 3.05) is 26.2 Å². The number of nitrogens with one attached hydrogen (secondary N) is 1. The monoisotopic (exact) mass is 268 g/mol. The summed E-state index contributed by atoms with van der Waals surface area (Å²) in [5.74, 6) is 1.45. The summed E-state index contributed by atoms with van der Waals surface area (Å²) in [6.07, 6.45) is 3.52. The maximum Gasteiger partial charge on any atom is 0.223 e. The van der Waals surface area contributed by atoms with Crippen LogP contribution in [0.25, 0.3) is 0 Å². The van der Waals surface area contributed by atoms with Crippen molar-refractivity contribution in [3.63, 3.8) is 0 Å². The number of hydrogen-bond donors (Lipinski definition) is 1. The van der Waals surface area contributed by atoms with E-state index >= 15 is 0 Å². The summed E-state index contributed by atoms with van der Waals surface area (Å²) in [5.41, 5.74) is 0. The number of hydrogen-bond acceptors (Lipinski definition) is 3. The Labute approximate surface area is 116 Å². The molecule has 4 nitrogen and oxygen atoms in total. The van der Waals surface area contributed by atoms with Gasteiger partial charge in [0, 0.05) is 19.5 Å². The second kappa shape index (κ2) is 6.71. The molecule has 2 fully saturated rings. The molecule has 0 spiro atoms. The topological polar surface area (TPSA) is 41.6 Å². The molecule has 19 heavy (non-hydrogen) atoms. The van der Waals surface area contributed by atoms with E-state index in [1.807, 2.05) is 18.7 Å². The molecular weight excluding hydrogens is 240 g/mol. The summed E-state index contributed by atoms with van der Waals surface area (Å²) in [4.78, 5) is 14.4. The fourth-order valence-electron chi connectivity index (χ4n) is 3.32. The standard InChI is InChI=1S/C15H28N2O2/c1-11(14-5-4-6-16-8-14)7-15(18)17-9-12(2)19-13(3)10-17/h11-14,16H,4-10H2,1-3H3. The van der Waals surface area contributed by atoms with Gasteiger partial charge < -0.3 is 15.0 Å². The maximum absolute atomic E-state index is 12.4. The summed E-state index contributed by atoms with van der Waals surface area (Å²) in [6.45, 7) is 10.0. The van der Waals surface area contributed by atoms with Gasteiger partial charge in [-0.15, -0.1) is 0 Å². The zero-order valence-corrected chi connectivity index (χ0v) is 12.5. The maximum atomic E-state index is 12.4. The van der Waals surface area contributed by atoms with Crippen molar-refractivity contribution >= 4 is 5.91 Å². The summed E-state index contributed by atoms with van der Waals surface area (Å²) < 4.78 is 5.68. The van der Waals surface area contributed by atoms with E-state index in [1.165, 1.54) is 12.8 Å². The highest BCUT2D eigenvalue weighted by molar-refractivity contribution is 5.76. The van der Waals surface area contributed by atoms with Crippen molar-refractivity contribution < 1.29 is 9.53 Å². The average molecular weight is 268 g/mol. The van der Waals surface area contributed by atoms with Gasteiger partial charge in [-0.2, -0.15) is 0 Å². The number of morpholine rings is 1. The van der Waals surface area contributed by atoms with Gasteiger partial charge in [0.15, 0.2) is 0 Å². The highest BCUT2D eigenvalue weighted by Crippen LogP contribution is 2.24. The Balaban J connectivity index is 1.82. The molecular formula is C15H28N2O2. The minimum Gasteiger partial charge on any atom is -0.372 e. The van der Waals surface area contributed by atoms with Crippen molar-refractivity contribution in [1.29, 1.82) is 0 Å². The zero-order valence-electron chi connectivity index (χ0n) is 12.5. The first kappa shape index (κ1) is 14.8. The van der Waals surface area contributed by atoms with E-state index in [0.717, 1.165) is 26.2 Å². The first-order valence-corrected chi connectivity index (χ1v) is 7.70. The molecule has 2 saturated heterocycles. The molecule has 0 aromatic rings. The van der Waals surface area contributed by atoms with Crippen LogP contribution < -0.4 is 5.32 Å². The van der Waals surface area contributed by atoms with Crippen LogP contribution in [-0.4, -0.2) is 49.2 Å². The molecule has 0 bridgehead atoms. The molecule has 0 aromatic carbocycles. The van der Waals surface area contributed by atoms with E-state index in [0.29, 0.717) is 24.2 Å². The smallest absolute Gasteiger partial charge is 0.223 e. The lowest BCUT2D eigenvalue weighted by Gasteiger charge is -2.36. The van der Waals surface area contributed by atoms with E-state index in [1.54, 1.807) is 0 Å².